The van der Waals surface area contributed by atoms with E-state index in [1.807, 2.05) is 68.4 Å². The molecular formula is C21H24N2O2. The molecule has 0 bridgehead atoms. The maximum absolute atomic E-state index is 12.7. The molecule has 0 saturated carbocycles. The number of hydrogen-bond acceptors (Lipinski definition) is 2. The van der Waals surface area contributed by atoms with Crippen LogP contribution in [0.3, 0.4) is 0 Å². The van der Waals surface area contributed by atoms with E-state index in [-0.39, 0.29) is 17.7 Å². The van der Waals surface area contributed by atoms with Gasteiger partial charge in [0.15, 0.2) is 0 Å². The van der Waals surface area contributed by atoms with Gasteiger partial charge in [-0.2, -0.15) is 0 Å². The Balaban J connectivity index is 1.68. The average Bonchev–Trinajstić information content (AvgIpc) is 2.98. The van der Waals surface area contributed by atoms with Crippen LogP contribution in [0.15, 0.2) is 54.6 Å². The monoisotopic (exact) mass is 336 g/mol. The Kier molecular flexibility index (Phi) is 5.17. The second kappa shape index (κ2) is 7.51. The summed E-state index contributed by atoms with van der Waals surface area (Å²) in [4.78, 5) is 27.1. The van der Waals surface area contributed by atoms with E-state index >= 15 is 0 Å². The van der Waals surface area contributed by atoms with Crippen molar-refractivity contribution in [2.75, 3.05) is 11.4 Å². The van der Waals surface area contributed by atoms with Gasteiger partial charge in [0, 0.05) is 12.2 Å². The highest BCUT2D eigenvalue weighted by molar-refractivity contribution is 6.01. The number of nitrogens with one attached hydrogen (secondary N) is 1. The van der Waals surface area contributed by atoms with E-state index in [0.717, 1.165) is 16.8 Å². The van der Waals surface area contributed by atoms with Crippen LogP contribution in [0, 0.1) is 6.92 Å². The Labute approximate surface area is 148 Å². The van der Waals surface area contributed by atoms with Gasteiger partial charge < -0.3 is 10.2 Å². The zero-order valence-corrected chi connectivity index (χ0v) is 14.7. The zero-order chi connectivity index (χ0) is 17.8. The molecule has 25 heavy (non-hydrogen) atoms. The molecular weight excluding hydrogens is 312 g/mol. The number of anilines is 1. The Hall–Kier alpha value is -2.62. The molecule has 0 aromatic heterocycles. The van der Waals surface area contributed by atoms with Crippen LogP contribution in [-0.4, -0.2) is 24.4 Å². The van der Waals surface area contributed by atoms with Crippen LogP contribution in [0.25, 0.3) is 0 Å². The first-order valence-corrected chi connectivity index (χ1v) is 8.83. The highest BCUT2D eigenvalue weighted by Crippen LogP contribution is 2.24. The lowest BCUT2D eigenvalue weighted by molar-refractivity contribution is -0.127. The number of hydrogen-bond donors (Lipinski definition) is 1. The summed E-state index contributed by atoms with van der Waals surface area (Å²) in [5.74, 6) is -0.319. The number of amides is 2. The number of carbonyl (C=O) groups excluding carboxylic acids is 2. The molecule has 2 aromatic carbocycles. The molecule has 0 unspecified atom stereocenters. The first-order valence-electron chi connectivity index (χ1n) is 8.83. The Morgan fingerprint density at radius 2 is 1.84 bits per heavy atom. The summed E-state index contributed by atoms with van der Waals surface area (Å²) < 4.78 is 0. The fourth-order valence-corrected chi connectivity index (χ4v) is 3.33. The summed E-state index contributed by atoms with van der Waals surface area (Å²) in [6.07, 6.45) is 1.35. The van der Waals surface area contributed by atoms with Crippen molar-refractivity contribution in [3.05, 3.63) is 65.7 Å². The summed E-state index contributed by atoms with van der Waals surface area (Å²) in [7, 11) is 0. The van der Waals surface area contributed by atoms with Crippen LogP contribution in [-0.2, 0) is 9.59 Å². The summed E-state index contributed by atoms with van der Waals surface area (Å²) in [5.41, 5.74) is 3.04. The molecule has 1 aliphatic rings. The molecule has 0 aliphatic carbocycles. The molecule has 0 spiro atoms. The molecule has 2 atom stereocenters. The van der Waals surface area contributed by atoms with Gasteiger partial charge in [0.1, 0.15) is 6.04 Å². The number of rotatable bonds is 5. The number of nitrogens with zero attached hydrogens (tertiary/aromatic N) is 1. The van der Waals surface area contributed by atoms with Gasteiger partial charge in [-0.1, -0.05) is 55.0 Å². The van der Waals surface area contributed by atoms with Gasteiger partial charge in [-0.05, 0) is 37.5 Å². The number of carbonyl (C=O) groups is 2. The van der Waals surface area contributed by atoms with Gasteiger partial charge in [-0.3, -0.25) is 9.59 Å². The third-order valence-corrected chi connectivity index (χ3v) is 4.79. The van der Waals surface area contributed by atoms with Gasteiger partial charge in [0.25, 0.3) is 0 Å². The fourth-order valence-electron chi connectivity index (χ4n) is 3.33. The maximum Gasteiger partial charge on any atom is 0.249 e. The quantitative estimate of drug-likeness (QED) is 0.909. The highest BCUT2D eigenvalue weighted by atomic mass is 16.2. The smallest absolute Gasteiger partial charge is 0.249 e. The molecule has 2 aromatic rings. The topological polar surface area (TPSA) is 49.4 Å². The highest BCUT2D eigenvalue weighted by Gasteiger charge is 2.34. The van der Waals surface area contributed by atoms with Crippen molar-refractivity contribution >= 4 is 17.5 Å². The van der Waals surface area contributed by atoms with Crippen molar-refractivity contribution in [3.63, 3.8) is 0 Å². The van der Waals surface area contributed by atoms with Crippen LogP contribution in [0.2, 0.25) is 0 Å². The third kappa shape index (κ3) is 3.73. The molecule has 2 amide bonds. The van der Waals surface area contributed by atoms with E-state index in [0.29, 0.717) is 19.4 Å². The maximum atomic E-state index is 12.7. The van der Waals surface area contributed by atoms with Gasteiger partial charge in [-0.25, -0.2) is 0 Å². The lowest BCUT2D eigenvalue weighted by atomic mass is 9.95. The fraction of sp³-hybridized carbons (Fsp3) is 0.333. The molecule has 4 heteroatoms. The van der Waals surface area contributed by atoms with E-state index in [2.05, 4.69) is 5.32 Å². The summed E-state index contributed by atoms with van der Waals surface area (Å²) in [6, 6.07) is 17.2. The molecule has 4 nitrogen and oxygen atoms in total. The Morgan fingerprint density at radius 1 is 1.16 bits per heavy atom. The molecule has 1 heterocycles. The van der Waals surface area contributed by atoms with Crippen LogP contribution >= 0.6 is 0 Å². The molecule has 1 saturated heterocycles. The number of benzene rings is 2. The van der Waals surface area contributed by atoms with Crippen LogP contribution < -0.4 is 10.2 Å². The minimum absolute atomic E-state index is 0.0277. The predicted molar refractivity (Wildman–Crippen MR) is 99.6 cm³/mol. The second-order valence-corrected chi connectivity index (χ2v) is 6.55. The van der Waals surface area contributed by atoms with Gasteiger partial charge in [0.2, 0.25) is 11.8 Å². The van der Waals surface area contributed by atoms with Crippen molar-refractivity contribution < 1.29 is 9.59 Å². The predicted octanol–water partition coefficient (Wildman–Crippen LogP) is 3.41. The molecule has 0 radical (unpaired) electrons. The first-order chi connectivity index (χ1) is 12.1. The Bertz CT molecular complexity index is 740. The third-order valence-electron chi connectivity index (χ3n) is 4.79. The van der Waals surface area contributed by atoms with Crippen molar-refractivity contribution in [1.29, 1.82) is 0 Å². The first kappa shape index (κ1) is 17.2. The van der Waals surface area contributed by atoms with Gasteiger partial charge >= 0.3 is 0 Å². The van der Waals surface area contributed by atoms with Crippen LogP contribution in [0.4, 0.5) is 5.69 Å². The zero-order valence-electron chi connectivity index (χ0n) is 14.7. The molecule has 1 fully saturated rings. The molecule has 3 rings (SSSR count). The lowest BCUT2D eigenvalue weighted by Crippen LogP contribution is -2.43. The van der Waals surface area contributed by atoms with E-state index in [4.69, 9.17) is 0 Å². The van der Waals surface area contributed by atoms with Gasteiger partial charge in [-0.15, -0.1) is 0 Å². The normalized spacial score (nSPS) is 18.2. The van der Waals surface area contributed by atoms with E-state index in [1.165, 1.54) is 0 Å². The van der Waals surface area contributed by atoms with E-state index in [1.54, 1.807) is 4.90 Å². The Morgan fingerprint density at radius 3 is 2.48 bits per heavy atom. The van der Waals surface area contributed by atoms with Crippen molar-refractivity contribution in [1.82, 2.24) is 5.32 Å². The number of aryl methyl sites for hydroxylation is 1. The largest absolute Gasteiger partial charge is 0.344 e. The van der Waals surface area contributed by atoms with Crippen LogP contribution in [0.1, 0.15) is 36.8 Å². The molecule has 1 aliphatic heterocycles. The SMILES string of the molecule is CC[C@@H](C(=O)N[C@@H]1CCN(c2ccc(C)cc2)C1=O)c1ccccc1. The van der Waals surface area contributed by atoms with Crippen molar-refractivity contribution in [2.45, 2.75) is 38.6 Å². The van der Waals surface area contributed by atoms with Gasteiger partial charge in [0.05, 0.1) is 5.92 Å². The molecule has 130 valence electrons. The lowest BCUT2D eigenvalue weighted by Gasteiger charge is -2.20. The minimum atomic E-state index is -0.438. The van der Waals surface area contributed by atoms with E-state index in [9.17, 15) is 9.59 Å². The van der Waals surface area contributed by atoms with Crippen molar-refractivity contribution in [3.8, 4) is 0 Å². The second-order valence-electron chi connectivity index (χ2n) is 6.55. The average molecular weight is 336 g/mol. The summed E-state index contributed by atoms with van der Waals surface area (Å²) >= 11 is 0. The van der Waals surface area contributed by atoms with E-state index < -0.39 is 6.04 Å². The summed E-state index contributed by atoms with van der Waals surface area (Å²) in [6.45, 7) is 4.65. The van der Waals surface area contributed by atoms with Crippen molar-refractivity contribution in [2.24, 2.45) is 0 Å². The molecule has 1 N–H and O–H groups in total. The van der Waals surface area contributed by atoms with Crippen LogP contribution in [0.5, 0.6) is 0 Å². The standard InChI is InChI=1S/C21H24N2O2/c1-3-18(16-7-5-4-6-8-16)20(24)22-19-13-14-23(21(19)25)17-11-9-15(2)10-12-17/h4-12,18-19H,3,13-14H2,1-2H3,(H,22,24)/t18-,19-/m1/s1. The summed E-state index contributed by atoms with van der Waals surface area (Å²) in [5, 5.41) is 2.96. The minimum Gasteiger partial charge on any atom is -0.344 e.